The third-order valence-electron chi connectivity index (χ3n) is 3.31. The number of unbranched alkanes of at least 4 members (excludes halogenated alkanes) is 6. The predicted molar refractivity (Wildman–Crippen MR) is 77.0 cm³/mol. The topological polar surface area (TPSA) is 40.5 Å². The molecule has 108 valence electrons. The van der Waals surface area contributed by atoms with Crippen LogP contribution in [0.1, 0.15) is 72.6 Å². The van der Waals surface area contributed by atoms with E-state index in [1.165, 1.54) is 38.5 Å². The first-order valence-corrected chi connectivity index (χ1v) is 7.34. The Morgan fingerprint density at radius 3 is 1.94 bits per heavy atom. The van der Waals surface area contributed by atoms with Gasteiger partial charge in [0, 0.05) is 5.54 Å². The minimum absolute atomic E-state index is 0.0550. The van der Waals surface area contributed by atoms with E-state index in [1.807, 2.05) is 0 Å². The number of rotatable bonds is 10. The van der Waals surface area contributed by atoms with Crippen LogP contribution in [0.15, 0.2) is 0 Å². The first-order valence-electron chi connectivity index (χ1n) is 7.34. The highest BCUT2D eigenvalue weighted by Crippen LogP contribution is 2.15. The number of hydrogen-bond donors (Lipinski definition) is 1. The maximum Gasteiger partial charge on any atom is 0.317 e. The zero-order valence-corrected chi connectivity index (χ0v) is 12.7. The van der Waals surface area contributed by atoms with Crippen molar-refractivity contribution in [2.75, 3.05) is 13.1 Å². The van der Waals surface area contributed by atoms with Crippen molar-refractivity contribution in [3.8, 4) is 0 Å². The van der Waals surface area contributed by atoms with Gasteiger partial charge in [0.1, 0.15) is 0 Å². The van der Waals surface area contributed by atoms with Gasteiger partial charge in [0.05, 0.1) is 6.54 Å². The van der Waals surface area contributed by atoms with Gasteiger partial charge in [-0.25, -0.2) is 0 Å². The second-order valence-corrected chi connectivity index (χ2v) is 6.11. The zero-order chi connectivity index (χ0) is 14.0. The predicted octanol–water partition coefficient (Wildman–Crippen LogP) is 3.92. The third-order valence-corrected chi connectivity index (χ3v) is 3.31. The molecule has 1 N–H and O–H groups in total. The van der Waals surface area contributed by atoms with Crippen molar-refractivity contribution in [3.05, 3.63) is 0 Å². The molecule has 0 rings (SSSR count). The third kappa shape index (κ3) is 9.46. The molecule has 0 aliphatic heterocycles. The van der Waals surface area contributed by atoms with Crippen molar-refractivity contribution in [2.24, 2.45) is 0 Å². The van der Waals surface area contributed by atoms with Crippen LogP contribution in [-0.2, 0) is 4.79 Å². The van der Waals surface area contributed by atoms with E-state index in [0.29, 0.717) is 0 Å². The largest absolute Gasteiger partial charge is 0.480 e. The molecule has 0 aromatic heterocycles. The summed E-state index contributed by atoms with van der Waals surface area (Å²) in [5.74, 6) is -0.729. The van der Waals surface area contributed by atoms with E-state index in [2.05, 4.69) is 32.6 Å². The Morgan fingerprint density at radius 1 is 1.00 bits per heavy atom. The molecule has 3 heteroatoms. The molecular weight excluding hydrogens is 226 g/mol. The molecule has 0 bridgehead atoms. The Hall–Kier alpha value is -0.570. The molecule has 0 aromatic carbocycles. The lowest BCUT2D eigenvalue weighted by Gasteiger charge is -2.34. The number of hydrogen-bond acceptors (Lipinski definition) is 2. The molecule has 0 aliphatic rings. The van der Waals surface area contributed by atoms with Gasteiger partial charge in [-0.2, -0.15) is 0 Å². The van der Waals surface area contributed by atoms with Gasteiger partial charge in [-0.15, -0.1) is 0 Å². The summed E-state index contributed by atoms with van der Waals surface area (Å²) >= 11 is 0. The summed E-state index contributed by atoms with van der Waals surface area (Å²) in [4.78, 5) is 12.9. The average Bonchev–Trinajstić information content (AvgIpc) is 2.24. The van der Waals surface area contributed by atoms with Crippen molar-refractivity contribution in [1.29, 1.82) is 0 Å². The average molecular weight is 257 g/mol. The second kappa shape index (κ2) is 9.37. The van der Waals surface area contributed by atoms with Gasteiger partial charge in [-0.3, -0.25) is 9.69 Å². The van der Waals surface area contributed by atoms with E-state index < -0.39 is 5.97 Å². The Bertz CT molecular complexity index is 221. The SMILES string of the molecule is CCCCCCCCCN(CC(=O)O)C(C)(C)C. The quantitative estimate of drug-likeness (QED) is 0.603. The molecule has 18 heavy (non-hydrogen) atoms. The van der Waals surface area contributed by atoms with Gasteiger partial charge in [-0.05, 0) is 33.7 Å². The van der Waals surface area contributed by atoms with Crippen molar-refractivity contribution in [2.45, 2.75) is 78.2 Å². The van der Waals surface area contributed by atoms with Crippen LogP contribution in [0.4, 0.5) is 0 Å². The van der Waals surface area contributed by atoms with Crippen LogP contribution in [-0.4, -0.2) is 34.6 Å². The number of carbonyl (C=O) groups is 1. The van der Waals surface area contributed by atoms with Crippen LogP contribution < -0.4 is 0 Å². The number of nitrogens with zero attached hydrogens (tertiary/aromatic N) is 1. The molecule has 0 fully saturated rings. The summed E-state index contributed by atoms with van der Waals surface area (Å²) in [7, 11) is 0. The zero-order valence-electron chi connectivity index (χ0n) is 12.7. The maximum absolute atomic E-state index is 10.8. The van der Waals surface area contributed by atoms with Gasteiger partial charge in [-0.1, -0.05) is 45.4 Å². The highest BCUT2D eigenvalue weighted by Gasteiger charge is 2.22. The smallest absolute Gasteiger partial charge is 0.317 e. The fourth-order valence-corrected chi connectivity index (χ4v) is 2.07. The molecule has 0 spiro atoms. The number of carboxylic acids is 1. The first kappa shape index (κ1) is 17.4. The Labute approximate surface area is 113 Å². The molecule has 3 nitrogen and oxygen atoms in total. The summed E-state index contributed by atoms with van der Waals surface area (Å²) in [6, 6.07) is 0. The Morgan fingerprint density at radius 2 is 1.50 bits per heavy atom. The second-order valence-electron chi connectivity index (χ2n) is 6.11. The van der Waals surface area contributed by atoms with Gasteiger partial charge in [0.25, 0.3) is 0 Å². The molecule has 0 saturated heterocycles. The molecule has 0 aliphatic carbocycles. The Kier molecular flexibility index (Phi) is 9.08. The van der Waals surface area contributed by atoms with Crippen molar-refractivity contribution in [1.82, 2.24) is 4.90 Å². The molecule has 0 atom stereocenters. The Balaban J connectivity index is 3.74. The highest BCUT2D eigenvalue weighted by atomic mass is 16.4. The molecule has 0 heterocycles. The fourth-order valence-electron chi connectivity index (χ4n) is 2.07. The number of carboxylic acid groups (broad SMARTS) is 1. The fraction of sp³-hybridized carbons (Fsp3) is 0.933. The summed E-state index contributed by atoms with van der Waals surface area (Å²) in [6.45, 7) is 9.52. The maximum atomic E-state index is 10.8. The standard InChI is InChI=1S/C15H31NO2/c1-5-6-7-8-9-10-11-12-16(13-14(17)18)15(2,3)4/h5-13H2,1-4H3,(H,17,18). The normalized spacial score (nSPS) is 12.1. The minimum atomic E-state index is -0.729. The van der Waals surface area contributed by atoms with Crippen molar-refractivity contribution < 1.29 is 9.90 Å². The van der Waals surface area contributed by atoms with Crippen LogP contribution in [0.3, 0.4) is 0 Å². The van der Waals surface area contributed by atoms with E-state index >= 15 is 0 Å². The van der Waals surface area contributed by atoms with E-state index in [1.54, 1.807) is 0 Å². The molecule has 0 saturated carbocycles. The van der Waals surface area contributed by atoms with Crippen LogP contribution in [0, 0.1) is 0 Å². The van der Waals surface area contributed by atoms with Crippen LogP contribution in [0.2, 0.25) is 0 Å². The van der Waals surface area contributed by atoms with E-state index in [0.717, 1.165) is 13.0 Å². The van der Waals surface area contributed by atoms with E-state index in [4.69, 9.17) is 5.11 Å². The molecule has 0 unspecified atom stereocenters. The summed E-state index contributed by atoms with van der Waals surface area (Å²) in [5, 5.41) is 8.91. The summed E-state index contributed by atoms with van der Waals surface area (Å²) in [5.41, 5.74) is -0.0550. The molecule has 0 amide bonds. The monoisotopic (exact) mass is 257 g/mol. The lowest BCUT2D eigenvalue weighted by molar-refractivity contribution is -0.139. The van der Waals surface area contributed by atoms with Crippen molar-refractivity contribution >= 4 is 5.97 Å². The minimum Gasteiger partial charge on any atom is -0.480 e. The van der Waals surface area contributed by atoms with Crippen LogP contribution in [0.5, 0.6) is 0 Å². The van der Waals surface area contributed by atoms with Gasteiger partial charge in [0.15, 0.2) is 0 Å². The lowest BCUT2D eigenvalue weighted by Crippen LogP contribution is -2.44. The molecular formula is C15H31NO2. The lowest BCUT2D eigenvalue weighted by atomic mass is 10.0. The molecule has 0 radical (unpaired) electrons. The van der Waals surface area contributed by atoms with Gasteiger partial charge >= 0.3 is 5.97 Å². The van der Waals surface area contributed by atoms with Crippen LogP contribution >= 0.6 is 0 Å². The van der Waals surface area contributed by atoms with Crippen LogP contribution in [0.25, 0.3) is 0 Å². The molecule has 0 aromatic rings. The van der Waals surface area contributed by atoms with Gasteiger partial charge < -0.3 is 5.11 Å². The summed E-state index contributed by atoms with van der Waals surface area (Å²) in [6.07, 6.45) is 8.90. The van der Waals surface area contributed by atoms with Crippen molar-refractivity contribution in [3.63, 3.8) is 0 Å². The van der Waals surface area contributed by atoms with Gasteiger partial charge in [0.2, 0.25) is 0 Å². The number of aliphatic carboxylic acids is 1. The van der Waals surface area contributed by atoms with E-state index in [-0.39, 0.29) is 12.1 Å². The first-order chi connectivity index (χ1) is 8.38. The van der Waals surface area contributed by atoms with E-state index in [9.17, 15) is 4.79 Å². The summed E-state index contributed by atoms with van der Waals surface area (Å²) < 4.78 is 0. The highest BCUT2D eigenvalue weighted by molar-refractivity contribution is 5.69.